The normalized spacial score (nSPS) is 29.3. The molecule has 1 aliphatic rings. The number of aromatic nitrogens is 3. The van der Waals surface area contributed by atoms with Gasteiger partial charge in [0, 0.05) is 11.6 Å². The minimum absolute atomic E-state index is 0.604. The molecule has 3 aromatic rings. The third-order valence-electron chi connectivity index (χ3n) is 5.42. The molecule has 0 aliphatic carbocycles. The highest BCUT2D eigenvalue weighted by atomic mass is 16.6. The number of nitrogens with zero attached hydrogens (tertiary/aromatic N) is 3. The van der Waals surface area contributed by atoms with Crippen LogP contribution >= 0.6 is 0 Å². The lowest BCUT2D eigenvalue weighted by atomic mass is 9.88. The summed E-state index contributed by atoms with van der Waals surface area (Å²) in [5, 5.41) is 33.4. The van der Waals surface area contributed by atoms with Crippen molar-refractivity contribution in [3.63, 3.8) is 0 Å². The fourth-order valence-corrected chi connectivity index (χ4v) is 3.67. The average Bonchev–Trinajstić information content (AvgIpc) is 3.16. The van der Waals surface area contributed by atoms with Gasteiger partial charge in [0.05, 0.1) is 5.69 Å². The Morgan fingerprint density at radius 2 is 1.85 bits per heavy atom. The zero-order valence-corrected chi connectivity index (χ0v) is 15.4. The van der Waals surface area contributed by atoms with Gasteiger partial charge in [-0.2, -0.15) is 0 Å². The van der Waals surface area contributed by atoms with Gasteiger partial charge in [-0.1, -0.05) is 29.8 Å². The largest absolute Gasteiger partial charge is 0.386 e. The van der Waals surface area contributed by atoms with Gasteiger partial charge in [-0.05, 0) is 32.4 Å². The molecule has 5 atom stereocenters. The van der Waals surface area contributed by atoms with Crippen LogP contribution in [0.15, 0.2) is 42.9 Å². The van der Waals surface area contributed by atoms with Crippen molar-refractivity contribution in [2.24, 2.45) is 0 Å². The SMILES string of the molecule is Cc1ccc([C@@H](O)[C@H]2O[C@@H](n3ccc4c(C)ncnc43)[C@H](O)[C@]2(C)O)cc1. The summed E-state index contributed by atoms with van der Waals surface area (Å²) >= 11 is 0. The second kappa shape index (κ2) is 6.38. The van der Waals surface area contributed by atoms with E-state index in [0.717, 1.165) is 16.6 Å². The minimum Gasteiger partial charge on any atom is -0.386 e. The van der Waals surface area contributed by atoms with Crippen molar-refractivity contribution in [3.8, 4) is 0 Å². The smallest absolute Gasteiger partial charge is 0.164 e. The number of aryl methyl sites for hydroxylation is 2. The molecule has 3 heterocycles. The molecule has 2 aromatic heterocycles. The molecule has 0 spiro atoms. The monoisotopic (exact) mass is 369 g/mol. The lowest BCUT2D eigenvalue weighted by molar-refractivity contribution is -0.115. The van der Waals surface area contributed by atoms with Crippen molar-refractivity contribution in [1.82, 2.24) is 14.5 Å². The van der Waals surface area contributed by atoms with Gasteiger partial charge >= 0.3 is 0 Å². The van der Waals surface area contributed by atoms with Crippen molar-refractivity contribution in [2.75, 3.05) is 0 Å². The summed E-state index contributed by atoms with van der Waals surface area (Å²) in [5.74, 6) is 0. The topological polar surface area (TPSA) is 101 Å². The molecule has 3 N–H and O–H groups in total. The maximum atomic E-state index is 10.9. The van der Waals surface area contributed by atoms with Gasteiger partial charge in [0.15, 0.2) is 6.23 Å². The Labute approximate surface area is 156 Å². The van der Waals surface area contributed by atoms with Crippen LogP contribution < -0.4 is 0 Å². The van der Waals surface area contributed by atoms with Crippen LogP contribution in [0.4, 0.5) is 0 Å². The molecule has 0 saturated carbocycles. The molecule has 0 amide bonds. The lowest BCUT2D eigenvalue weighted by Gasteiger charge is -2.29. The van der Waals surface area contributed by atoms with Gasteiger partial charge in [0.1, 0.15) is 35.9 Å². The van der Waals surface area contributed by atoms with E-state index in [-0.39, 0.29) is 0 Å². The Hall–Kier alpha value is -2.32. The van der Waals surface area contributed by atoms with Crippen LogP contribution in [0.3, 0.4) is 0 Å². The molecule has 1 aromatic carbocycles. The second-order valence-corrected chi connectivity index (χ2v) is 7.39. The zero-order chi connectivity index (χ0) is 19.3. The molecule has 7 heteroatoms. The number of benzene rings is 1. The number of rotatable bonds is 3. The van der Waals surface area contributed by atoms with Crippen molar-refractivity contribution in [3.05, 3.63) is 59.7 Å². The second-order valence-electron chi connectivity index (χ2n) is 7.39. The van der Waals surface area contributed by atoms with Crippen LogP contribution in [0.1, 0.15) is 36.1 Å². The molecular formula is C20H23N3O4. The van der Waals surface area contributed by atoms with Gasteiger partial charge in [0.2, 0.25) is 0 Å². The van der Waals surface area contributed by atoms with Crippen LogP contribution in [0.5, 0.6) is 0 Å². The summed E-state index contributed by atoms with van der Waals surface area (Å²) in [4.78, 5) is 8.45. The van der Waals surface area contributed by atoms with E-state index in [0.29, 0.717) is 11.2 Å². The van der Waals surface area contributed by atoms with Crippen molar-refractivity contribution >= 4 is 11.0 Å². The Kier molecular flexibility index (Phi) is 4.27. The summed E-state index contributed by atoms with van der Waals surface area (Å²) in [6.45, 7) is 5.31. The first-order chi connectivity index (χ1) is 12.8. The first-order valence-electron chi connectivity index (χ1n) is 8.89. The molecule has 0 radical (unpaired) electrons. The van der Waals surface area contributed by atoms with Gasteiger partial charge in [-0.25, -0.2) is 9.97 Å². The first-order valence-corrected chi connectivity index (χ1v) is 8.89. The highest BCUT2D eigenvalue weighted by Crippen LogP contribution is 2.43. The molecule has 4 rings (SSSR count). The maximum absolute atomic E-state index is 10.9. The summed E-state index contributed by atoms with van der Waals surface area (Å²) in [7, 11) is 0. The van der Waals surface area contributed by atoms with E-state index < -0.39 is 30.1 Å². The Morgan fingerprint density at radius 1 is 1.15 bits per heavy atom. The molecule has 1 aliphatic heterocycles. The summed E-state index contributed by atoms with van der Waals surface area (Å²) in [6.07, 6.45) is -1.01. The van der Waals surface area contributed by atoms with Crippen LogP contribution in [-0.4, -0.2) is 47.7 Å². The van der Waals surface area contributed by atoms with Gasteiger partial charge in [0.25, 0.3) is 0 Å². The summed E-state index contributed by atoms with van der Waals surface area (Å²) in [6, 6.07) is 9.20. The highest BCUT2D eigenvalue weighted by Gasteiger charge is 2.55. The molecular weight excluding hydrogens is 346 g/mol. The van der Waals surface area contributed by atoms with E-state index in [4.69, 9.17) is 4.74 Å². The van der Waals surface area contributed by atoms with Gasteiger partial charge in [-0.3, -0.25) is 0 Å². The van der Waals surface area contributed by atoms with Gasteiger partial charge in [-0.15, -0.1) is 0 Å². The highest BCUT2D eigenvalue weighted by molar-refractivity contribution is 5.78. The quantitative estimate of drug-likeness (QED) is 0.651. The number of aliphatic hydroxyl groups is 3. The third kappa shape index (κ3) is 2.83. The van der Waals surface area contributed by atoms with E-state index in [1.165, 1.54) is 13.3 Å². The number of ether oxygens (including phenoxy) is 1. The molecule has 7 nitrogen and oxygen atoms in total. The number of hydrogen-bond acceptors (Lipinski definition) is 6. The molecule has 1 saturated heterocycles. The van der Waals surface area contributed by atoms with E-state index in [1.54, 1.807) is 22.9 Å². The van der Waals surface area contributed by atoms with Crippen molar-refractivity contribution < 1.29 is 20.1 Å². The Bertz CT molecular complexity index is 967. The molecule has 0 bridgehead atoms. The zero-order valence-electron chi connectivity index (χ0n) is 15.4. The van der Waals surface area contributed by atoms with Crippen molar-refractivity contribution in [2.45, 2.75) is 50.9 Å². The summed E-state index contributed by atoms with van der Waals surface area (Å²) < 4.78 is 7.65. The fraction of sp³-hybridized carbons (Fsp3) is 0.400. The first kappa shape index (κ1) is 18.1. The third-order valence-corrected chi connectivity index (χ3v) is 5.42. The molecule has 27 heavy (non-hydrogen) atoms. The van der Waals surface area contributed by atoms with E-state index in [9.17, 15) is 15.3 Å². The van der Waals surface area contributed by atoms with Crippen molar-refractivity contribution in [1.29, 1.82) is 0 Å². The van der Waals surface area contributed by atoms with E-state index in [2.05, 4.69) is 9.97 Å². The van der Waals surface area contributed by atoms with Crippen LogP contribution in [0, 0.1) is 13.8 Å². The maximum Gasteiger partial charge on any atom is 0.164 e. The number of aliphatic hydroxyl groups excluding tert-OH is 2. The Balaban J connectivity index is 1.70. The van der Waals surface area contributed by atoms with Crippen LogP contribution in [0.25, 0.3) is 11.0 Å². The number of hydrogen-bond donors (Lipinski definition) is 3. The standard InChI is InChI=1S/C20H23N3O4/c1-11-4-6-13(7-5-11)15(24)17-20(3,26)16(25)19(27-17)23-9-8-14-12(2)21-10-22-18(14)23/h4-10,15-17,19,24-26H,1-3H3/t15-,16+,17-,19-,20+/m1/s1. The van der Waals surface area contributed by atoms with Crippen LogP contribution in [-0.2, 0) is 4.74 Å². The molecule has 0 unspecified atom stereocenters. The fourth-order valence-electron chi connectivity index (χ4n) is 3.67. The molecule has 1 fully saturated rings. The number of fused-ring (bicyclic) bond motifs is 1. The van der Waals surface area contributed by atoms with E-state index in [1.807, 2.05) is 32.0 Å². The molecule has 142 valence electrons. The minimum atomic E-state index is -1.65. The lowest BCUT2D eigenvalue weighted by Crippen LogP contribution is -2.47. The van der Waals surface area contributed by atoms with E-state index >= 15 is 0 Å². The Morgan fingerprint density at radius 3 is 2.56 bits per heavy atom. The van der Waals surface area contributed by atoms with Crippen LogP contribution in [0.2, 0.25) is 0 Å². The average molecular weight is 369 g/mol. The predicted molar refractivity (Wildman–Crippen MR) is 98.9 cm³/mol. The van der Waals surface area contributed by atoms with Gasteiger partial charge < -0.3 is 24.6 Å². The predicted octanol–water partition coefficient (Wildman–Crippen LogP) is 1.79. The summed E-state index contributed by atoms with van der Waals surface area (Å²) in [5.41, 5.74) is 1.46.